The Balaban J connectivity index is 3.39. The molecule has 0 bridgehead atoms. The van der Waals surface area contributed by atoms with Gasteiger partial charge in [0.05, 0.1) is 0 Å². The van der Waals surface area contributed by atoms with Gasteiger partial charge in [-0.3, -0.25) is 9.59 Å². The molecule has 5 nitrogen and oxygen atoms in total. The standard InChI is InChI=1S/C18H32O5/c1-4-17(19)15(2)14-22-18(20)13-11-9-7-5-6-8-10-12-16(3)23-21/h15,21H,3-14H2,1-2H3. The van der Waals surface area contributed by atoms with Crippen molar-refractivity contribution in [3.8, 4) is 0 Å². The van der Waals surface area contributed by atoms with Gasteiger partial charge in [-0.1, -0.05) is 52.5 Å². The highest BCUT2D eigenvalue weighted by molar-refractivity contribution is 5.80. The quantitative estimate of drug-likeness (QED) is 0.156. The molecule has 0 aromatic heterocycles. The van der Waals surface area contributed by atoms with E-state index in [-0.39, 0.29) is 24.3 Å². The molecule has 0 aliphatic rings. The Hall–Kier alpha value is -1.36. The number of allylic oxidation sites excluding steroid dienone is 1. The Morgan fingerprint density at radius 3 is 2.04 bits per heavy atom. The highest BCUT2D eigenvalue weighted by atomic mass is 17.1. The van der Waals surface area contributed by atoms with Crippen LogP contribution in [-0.4, -0.2) is 23.6 Å². The number of carbonyl (C=O) groups excluding carboxylic acids is 2. The molecule has 23 heavy (non-hydrogen) atoms. The van der Waals surface area contributed by atoms with Gasteiger partial charge in [0.25, 0.3) is 0 Å². The zero-order valence-electron chi connectivity index (χ0n) is 14.6. The number of rotatable bonds is 15. The molecule has 0 rings (SSSR count). The van der Waals surface area contributed by atoms with Gasteiger partial charge in [-0.15, -0.1) is 0 Å². The van der Waals surface area contributed by atoms with E-state index in [1.807, 2.05) is 6.92 Å². The van der Waals surface area contributed by atoms with E-state index in [4.69, 9.17) is 9.99 Å². The highest BCUT2D eigenvalue weighted by Crippen LogP contribution is 2.12. The van der Waals surface area contributed by atoms with Gasteiger partial charge in [0.15, 0.2) is 0 Å². The van der Waals surface area contributed by atoms with Gasteiger partial charge in [0.2, 0.25) is 0 Å². The van der Waals surface area contributed by atoms with E-state index in [1.54, 1.807) is 6.92 Å². The summed E-state index contributed by atoms with van der Waals surface area (Å²) in [7, 11) is 0. The van der Waals surface area contributed by atoms with Gasteiger partial charge in [-0.05, 0) is 12.8 Å². The zero-order valence-corrected chi connectivity index (χ0v) is 14.6. The van der Waals surface area contributed by atoms with E-state index in [9.17, 15) is 9.59 Å². The van der Waals surface area contributed by atoms with Crippen LogP contribution in [0.15, 0.2) is 12.3 Å². The molecular weight excluding hydrogens is 296 g/mol. The van der Waals surface area contributed by atoms with E-state index in [2.05, 4.69) is 11.5 Å². The lowest BCUT2D eigenvalue weighted by molar-refractivity contribution is -0.205. The van der Waals surface area contributed by atoms with Crippen molar-refractivity contribution in [2.75, 3.05) is 6.61 Å². The fourth-order valence-corrected chi connectivity index (χ4v) is 2.25. The Morgan fingerprint density at radius 1 is 1.00 bits per heavy atom. The van der Waals surface area contributed by atoms with E-state index in [1.165, 1.54) is 0 Å². The van der Waals surface area contributed by atoms with Gasteiger partial charge in [-0.2, -0.15) is 0 Å². The highest BCUT2D eigenvalue weighted by Gasteiger charge is 2.13. The SMILES string of the molecule is C=C(CCCCCCCCCC(=O)OCC(C)C(=O)CC)OO. The summed E-state index contributed by atoms with van der Waals surface area (Å²) in [4.78, 5) is 27.0. The summed E-state index contributed by atoms with van der Waals surface area (Å²) >= 11 is 0. The normalized spacial score (nSPS) is 11.8. The van der Waals surface area contributed by atoms with Gasteiger partial charge in [-0.25, -0.2) is 5.26 Å². The summed E-state index contributed by atoms with van der Waals surface area (Å²) in [5.74, 6) is 0.143. The Kier molecular flexibility index (Phi) is 13.4. The van der Waals surface area contributed by atoms with Gasteiger partial charge in [0.1, 0.15) is 18.1 Å². The smallest absolute Gasteiger partial charge is 0.305 e. The molecule has 0 radical (unpaired) electrons. The maximum Gasteiger partial charge on any atom is 0.305 e. The molecule has 1 unspecified atom stereocenters. The molecular formula is C18H32O5. The van der Waals surface area contributed by atoms with Crippen LogP contribution in [0.25, 0.3) is 0 Å². The minimum Gasteiger partial charge on any atom is -0.465 e. The second-order valence-corrected chi connectivity index (χ2v) is 6.01. The number of hydrogen-bond donors (Lipinski definition) is 1. The third-order valence-corrected chi connectivity index (χ3v) is 3.86. The summed E-state index contributed by atoms with van der Waals surface area (Å²) in [5.41, 5.74) is 0. The monoisotopic (exact) mass is 328 g/mol. The largest absolute Gasteiger partial charge is 0.465 e. The van der Waals surface area contributed by atoms with Crippen molar-refractivity contribution in [2.45, 2.75) is 78.1 Å². The second kappa shape index (κ2) is 14.2. The van der Waals surface area contributed by atoms with Crippen molar-refractivity contribution in [1.29, 1.82) is 0 Å². The summed E-state index contributed by atoms with van der Waals surface area (Å²) in [6.07, 6.45) is 8.92. The number of Topliss-reactive ketones (excluding diaryl/α,β-unsaturated/α-hetero) is 1. The maximum atomic E-state index is 11.6. The minimum atomic E-state index is -0.205. The summed E-state index contributed by atoms with van der Waals surface area (Å²) < 4.78 is 5.12. The molecule has 1 atom stereocenters. The molecule has 5 heteroatoms. The average Bonchev–Trinajstić information content (AvgIpc) is 2.56. The first-order chi connectivity index (χ1) is 11.0. The second-order valence-electron chi connectivity index (χ2n) is 6.01. The fourth-order valence-electron chi connectivity index (χ4n) is 2.25. The summed E-state index contributed by atoms with van der Waals surface area (Å²) in [6.45, 7) is 7.37. The number of hydrogen-bond acceptors (Lipinski definition) is 5. The van der Waals surface area contributed by atoms with Crippen LogP contribution < -0.4 is 0 Å². The average molecular weight is 328 g/mol. The molecule has 0 spiro atoms. The lowest BCUT2D eigenvalue weighted by Gasteiger charge is -2.10. The molecule has 0 fully saturated rings. The van der Waals surface area contributed by atoms with E-state index < -0.39 is 0 Å². The summed E-state index contributed by atoms with van der Waals surface area (Å²) in [5, 5.41) is 8.33. The van der Waals surface area contributed by atoms with Crippen molar-refractivity contribution in [3.63, 3.8) is 0 Å². The molecule has 0 amide bonds. The molecule has 0 saturated heterocycles. The molecule has 0 heterocycles. The van der Waals surface area contributed by atoms with Crippen LogP contribution in [0.2, 0.25) is 0 Å². The molecule has 0 saturated carbocycles. The Bertz CT molecular complexity index is 351. The lowest BCUT2D eigenvalue weighted by atomic mass is 10.1. The van der Waals surface area contributed by atoms with Gasteiger partial charge >= 0.3 is 5.97 Å². The predicted molar refractivity (Wildman–Crippen MR) is 89.8 cm³/mol. The van der Waals surface area contributed by atoms with Crippen molar-refractivity contribution in [1.82, 2.24) is 0 Å². The van der Waals surface area contributed by atoms with E-state index in [0.717, 1.165) is 44.9 Å². The molecule has 134 valence electrons. The van der Waals surface area contributed by atoms with Crippen LogP contribution in [0, 0.1) is 5.92 Å². The van der Waals surface area contributed by atoms with Crippen molar-refractivity contribution < 1.29 is 24.5 Å². The molecule has 0 aromatic carbocycles. The first-order valence-electron chi connectivity index (χ1n) is 8.68. The molecule has 1 N–H and O–H groups in total. The van der Waals surface area contributed by atoms with Gasteiger partial charge in [0, 0.05) is 25.2 Å². The van der Waals surface area contributed by atoms with Crippen LogP contribution in [-0.2, 0) is 19.2 Å². The Labute approximate surface area is 140 Å². The first-order valence-corrected chi connectivity index (χ1v) is 8.68. The minimum absolute atomic E-state index is 0.131. The molecule has 0 aliphatic carbocycles. The number of carbonyl (C=O) groups is 2. The summed E-state index contributed by atoms with van der Waals surface area (Å²) in [6, 6.07) is 0. The number of unbranched alkanes of at least 4 members (excludes halogenated alkanes) is 6. The topological polar surface area (TPSA) is 72.8 Å². The van der Waals surface area contributed by atoms with E-state index in [0.29, 0.717) is 25.0 Å². The van der Waals surface area contributed by atoms with Crippen molar-refractivity contribution in [3.05, 3.63) is 12.3 Å². The number of ether oxygens (including phenoxy) is 1. The fraction of sp³-hybridized carbons (Fsp3) is 0.778. The lowest BCUT2D eigenvalue weighted by Crippen LogP contribution is -2.18. The first kappa shape index (κ1) is 21.6. The van der Waals surface area contributed by atoms with Gasteiger partial charge < -0.3 is 9.62 Å². The predicted octanol–water partition coefficient (Wildman–Crippen LogP) is 4.66. The third kappa shape index (κ3) is 12.8. The van der Waals surface area contributed by atoms with Crippen LogP contribution in [0.1, 0.15) is 78.1 Å². The van der Waals surface area contributed by atoms with E-state index >= 15 is 0 Å². The van der Waals surface area contributed by atoms with Crippen LogP contribution in [0.4, 0.5) is 0 Å². The maximum absolute atomic E-state index is 11.6. The Morgan fingerprint density at radius 2 is 1.52 bits per heavy atom. The van der Waals surface area contributed by atoms with Crippen LogP contribution in [0.3, 0.4) is 0 Å². The third-order valence-electron chi connectivity index (χ3n) is 3.86. The van der Waals surface area contributed by atoms with Crippen LogP contribution in [0.5, 0.6) is 0 Å². The number of ketones is 1. The van der Waals surface area contributed by atoms with Crippen LogP contribution >= 0.6 is 0 Å². The molecule has 0 aliphatic heterocycles. The molecule has 0 aromatic rings. The van der Waals surface area contributed by atoms with Crippen molar-refractivity contribution >= 4 is 11.8 Å². The zero-order chi connectivity index (χ0) is 17.5. The van der Waals surface area contributed by atoms with Crippen molar-refractivity contribution in [2.24, 2.45) is 5.92 Å². The number of esters is 1.